The topological polar surface area (TPSA) is 141 Å². The molecule has 0 aliphatic carbocycles. The largest absolute Gasteiger partial charge is 2.00 e. The van der Waals surface area contributed by atoms with E-state index in [-0.39, 0.29) is 27.3 Å². The van der Waals surface area contributed by atoms with Gasteiger partial charge in [0, 0.05) is 0 Å². The number of rotatable bonds is 0. The molecule has 58 valence electrons. The summed E-state index contributed by atoms with van der Waals surface area (Å²) in [6, 6.07) is 0. The molecule has 9 heteroatoms. The molecular formula is CH3O7PPb. The third-order valence-corrected chi connectivity index (χ3v) is 0. The average Bonchev–Trinajstić information content (AvgIpc) is 1.19. The number of carbonyl (C=O) groups excluding carboxylic acids is 1. The van der Waals surface area contributed by atoms with E-state index in [1.807, 2.05) is 0 Å². The Hall–Kier alpha value is 0.302. The predicted octanol–water partition coefficient (Wildman–Crippen LogP) is -3.76. The molecule has 0 saturated heterocycles. The first-order chi connectivity index (χ1) is 3.73. The summed E-state index contributed by atoms with van der Waals surface area (Å²) in [5.74, 6) is 0. The minimum absolute atomic E-state index is 0. The standard InChI is InChI=1S/CH2O3.H3O4P.Pb/c2-1(3)4;1-5(2,3)4;/h(H2,2,3,4);(H3,1,2,3,4);/q;;+2/p-2. The maximum absolute atomic E-state index is 8.88. The average molecular weight is 365 g/mol. The Labute approximate surface area is 75.7 Å². The Balaban J connectivity index is -0.0000000910. The van der Waals surface area contributed by atoms with Crippen LogP contribution in [0.25, 0.3) is 0 Å². The number of carboxylic acid groups (broad SMARTS) is 2. The van der Waals surface area contributed by atoms with Crippen LogP contribution in [0.3, 0.4) is 0 Å². The molecule has 0 aliphatic rings. The van der Waals surface area contributed by atoms with E-state index in [1.54, 1.807) is 0 Å². The fourth-order valence-corrected chi connectivity index (χ4v) is 0. The third-order valence-electron chi connectivity index (χ3n) is 0. The Morgan fingerprint density at radius 3 is 1.20 bits per heavy atom. The van der Waals surface area contributed by atoms with Gasteiger partial charge in [-0.2, -0.15) is 0 Å². The molecule has 7 nitrogen and oxygen atoms in total. The van der Waals surface area contributed by atoms with Gasteiger partial charge in [0.25, 0.3) is 0 Å². The van der Waals surface area contributed by atoms with Crippen molar-refractivity contribution in [2.75, 3.05) is 0 Å². The van der Waals surface area contributed by atoms with Gasteiger partial charge in [-0.25, -0.2) is 4.57 Å². The van der Waals surface area contributed by atoms with Crippen LogP contribution >= 0.6 is 7.82 Å². The summed E-state index contributed by atoms with van der Waals surface area (Å²) in [5.41, 5.74) is 0. The van der Waals surface area contributed by atoms with Gasteiger partial charge in [0.15, 0.2) is 0 Å². The molecule has 0 aromatic carbocycles. The van der Waals surface area contributed by atoms with Crippen molar-refractivity contribution in [3.63, 3.8) is 0 Å². The van der Waals surface area contributed by atoms with Crippen LogP contribution in [0.1, 0.15) is 0 Å². The molecule has 0 saturated carbocycles. The van der Waals surface area contributed by atoms with Crippen molar-refractivity contribution in [3.05, 3.63) is 0 Å². The summed E-state index contributed by atoms with van der Waals surface area (Å²) in [7, 11) is -4.64. The van der Waals surface area contributed by atoms with Gasteiger partial charge < -0.3 is 29.7 Å². The normalized spacial score (nSPS) is 8.30. The fraction of sp³-hybridized carbons (Fsp3) is 0. The molecule has 3 N–H and O–H groups in total. The minimum Gasteiger partial charge on any atom is -0.652 e. The SMILES string of the molecule is O=C([O-])[O-].O=P(O)(O)O.[Pb+2]. The van der Waals surface area contributed by atoms with Crippen molar-refractivity contribution >= 4 is 41.3 Å². The summed E-state index contributed by atoms with van der Waals surface area (Å²) < 4.78 is 8.88. The van der Waals surface area contributed by atoms with E-state index < -0.39 is 14.0 Å². The van der Waals surface area contributed by atoms with Crippen molar-refractivity contribution in [1.29, 1.82) is 0 Å². The molecule has 0 heterocycles. The molecule has 0 unspecified atom stereocenters. The van der Waals surface area contributed by atoms with E-state index in [4.69, 9.17) is 34.3 Å². The van der Waals surface area contributed by atoms with Crippen LogP contribution in [0.4, 0.5) is 4.79 Å². The zero-order chi connectivity index (χ0) is 8.08. The summed E-state index contributed by atoms with van der Waals surface area (Å²) in [6.45, 7) is 0. The monoisotopic (exact) mass is 366 g/mol. The molecule has 0 amide bonds. The van der Waals surface area contributed by atoms with Gasteiger partial charge >= 0.3 is 35.1 Å². The van der Waals surface area contributed by atoms with Crippen LogP contribution in [0.15, 0.2) is 0 Å². The molecule has 0 spiro atoms. The summed E-state index contributed by atoms with van der Waals surface area (Å²) in [5, 5.41) is 16.7. The van der Waals surface area contributed by atoms with Gasteiger partial charge in [0.05, 0.1) is 0 Å². The second-order valence-electron chi connectivity index (χ2n) is 0.763. The summed E-state index contributed by atoms with van der Waals surface area (Å²) in [4.78, 5) is 29.9. The first kappa shape index (κ1) is 16.7. The number of phosphoric acid groups is 1. The van der Waals surface area contributed by atoms with Crippen molar-refractivity contribution in [3.8, 4) is 0 Å². The van der Waals surface area contributed by atoms with Crippen LogP contribution in [0.2, 0.25) is 0 Å². The molecule has 10 heavy (non-hydrogen) atoms. The Morgan fingerprint density at radius 1 is 1.20 bits per heavy atom. The van der Waals surface area contributed by atoms with E-state index in [1.165, 1.54) is 0 Å². The van der Waals surface area contributed by atoms with Crippen LogP contribution in [0, 0.1) is 0 Å². The zero-order valence-electron chi connectivity index (χ0n) is 4.42. The number of carbonyl (C=O) groups is 1. The molecule has 0 rings (SSSR count). The molecule has 0 aromatic rings. The number of hydrogen-bond acceptors (Lipinski definition) is 4. The summed E-state index contributed by atoms with van der Waals surface area (Å²) >= 11 is 0. The smallest absolute Gasteiger partial charge is 0.652 e. The van der Waals surface area contributed by atoms with Crippen LogP contribution in [-0.4, -0.2) is 48.1 Å². The van der Waals surface area contributed by atoms with Gasteiger partial charge in [-0.3, -0.25) is 0 Å². The van der Waals surface area contributed by atoms with Crippen LogP contribution < -0.4 is 10.2 Å². The van der Waals surface area contributed by atoms with Crippen molar-refractivity contribution in [1.82, 2.24) is 0 Å². The van der Waals surface area contributed by atoms with Crippen molar-refractivity contribution in [2.24, 2.45) is 0 Å². The van der Waals surface area contributed by atoms with Crippen molar-refractivity contribution in [2.45, 2.75) is 0 Å². The van der Waals surface area contributed by atoms with Gasteiger partial charge in [-0.05, 0) is 6.16 Å². The maximum Gasteiger partial charge on any atom is 2.00 e. The number of hydrogen-bond donors (Lipinski definition) is 3. The van der Waals surface area contributed by atoms with Gasteiger partial charge in [-0.1, -0.05) is 0 Å². The Morgan fingerprint density at radius 2 is 1.20 bits per heavy atom. The molecular weight excluding hydrogens is 362 g/mol. The van der Waals surface area contributed by atoms with Gasteiger partial charge in [-0.15, -0.1) is 0 Å². The Kier molecular flexibility index (Phi) is 12.4. The third kappa shape index (κ3) is 4850. The molecule has 0 fully saturated rings. The fourth-order valence-electron chi connectivity index (χ4n) is 0. The van der Waals surface area contributed by atoms with E-state index in [9.17, 15) is 0 Å². The molecule has 0 atom stereocenters. The predicted molar refractivity (Wildman–Crippen MR) is 25.4 cm³/mol. The van der Waals surface area contributed by atoms with Gasteiger partial charge in [0.1, 0.15) is 0 Å². The van der Waals surface area contributed by atoms with E-state index in [0.717, 1.165) is 0 Å². The first-order valence-corrected chi connectivity index (χ1v) is 2.96. The van der Waals surface area contributed by atoms with Crippen molar-refractivity contribution < 1.29 is 34.3 Å². The summed E-state index contributed by atoms with van der Waals surface area (Å²) in [6.07, 6.45) is -2.33. The molecule has 0 aliphatic heterocycles. The maximum atomic E-state index is 8.88. The van der Waals surface area contributed by atoms with Gasteiger partial charge in [0.2, 0.25) is 0 Å². The first-order valence-electron chi connectivity index (χ1n) is 1.39. The molecule has 0 aromatic heterocycles. The molecule has 2 radical (unpaired) electrons. The quantitative estimate of drug-likeness (QED) is 0.296. The zero-order valence-corrected chi connectivity index (χ0v) is 9.20. The second-order valence-corrected chi connectivity index (χ2v) is 1.79. The Bertz CT molecular complexity index is 113. The van der Waals surface area contributed by atoms with E-state index in [0.29, 0.717) is 0 Å². The molecule has 0 bridgehead atoms. The van der Waals surface area contributed by atoms with E-state index in [2.05, 4.69) is 0 Å². The van der Waals surface area contributed by atoms with Crippen LogP contribution in [0.5, 0.6) is 0 Å². The minimum atomic E-state index is -4.64. The van der Waals surface area contributed by atoms with E-state index >= 15 is 0 Å². The second kappa shape index (κ2) is 7.41. The van der Waals surface area contributed by atoms with Crippen LogP contribution in [-0.2, 0) is 4.57 Å².